The van der Waals surface area contributed by atoms with Gasteiger partial charge in [-0.1, -0.05) is 45.8 Å². The SMILES string of the molecule is Cc1ccc(S(=O)(=O)N2C[C@@H]3C[C@H]4CS[C@H](c5ccc(Br)cc5)N4[C@@H]3C2)cc1. The smallest absolute Gasteiger partial charge is 0.243 e. The zero-order valence-electron chi connectivity index (χ0n) is 15.7. The summed E-state index contributed by atoms with van der Waals surface area (Å²) in [5, 5.41) is 0.329. The highest BCUT2D eigenvalue weighted by molar-refractivity contribution is 9.10. The summed E-state index contributed by atoms with van der Waals surface area (Å²) < 4.78 is 29.1. The Kier molecular flexibility index (Phi) is 4.87. The summed E-state index contributed by atoms with van der Waals surface area (Å²) in [5.74, 6) is 1.57. The minimum absolute atomic E-state index is 0.314. The second kappa shape index (κ2) is 7.13. The molecule has 0 aromatic heterocycles. The molecule has 0 spiro atoms. The van der Waals surface area contributed by atoms with Crippen LogP contribution in [-0.2, 0) is 10.0 Å². The summed E-state index contributed by atoms with van der Waals surface area (Å²) in [5.41, 5.74) is 2.39. The standard InChI is InChI=1S/C21H23BrN2O2S2/c1-14-2-8-19(9-3-14)28(25,26)23-11-16-10-18-13-27-21(24(18)20(16)12-23)15-4-6-17(22)7-5-15/h2-9,16,18,20-21H,10-13H2,1H3/t16-,18-,20+,21+/m0/s1. The Morgan fingerprint density at radius 1 is 1.04 bits per heavy atom. The number of hydrogen-bond donors (Lipinski definition) is 0. The maximum atomic E-state index is 13.2. The molecule has 0 bridgehead atoms. The molecule has 3 fully saturated rings. The number of nitrogens with zero attached hydrogens (tertiary/aromatic N) is 2. The Bertz CT molecular complexity index is 978. The van der Waals surface area contributed by atoms with Crippen LogP contribution in [0.1, 0.15) is 22.9 Å². The van der Waals surface area contributed by atoms with E-state index in [2.05, 4.69) is 45.1 Å². The van der Waals surface area contributed by atoms with Crippen LogP contribution >= 0.6 is 27.7 Å². The van der Waals surface area contributed by atoms with Crippen molar-refractivity contribution in [2.24, 2.45) is 5.92 Å². The van der Waals surface area contributed by atoms with Crippen LogP contribution in [0.3, 0.4) is 0 Å². The van der Waals surface area contributed by atoms with Crippen molar-refractivity contribution in [1.82, 2.24) is 9.21 Å². The number of rotatable bonds is 3. The molecule has 0 saturated carbocycles. The van der Waals surface area contributed by atoms with Gasteiger partial charge in [-0.25, -0.2) is 8.42 Å². The van der Waals surface area contributed by atoms with Crippen LogP contribution in [0.15, 0.2) is 57.9 Å². The van der Waals surface area contributed by atoms with Crippen molar-refractivity contribution in [3.8, 4) is 0 Å². The molecular formula is C21H23BrN2O2S2. The van der Waals surface area contributed by atoms with E-state index in [1.165, 1.54) is 5.56 Å². The van der Waals surface area contributed by atoms with E-state index in [-0.39, 0.29) is 0 Å². The molecule has 3 saturated heterocycles. The Morgan fingerprint density at radius 3 is 2.46 bits per heavy atom. The molecule has 0 aliphatic carbocycles. The largest absolute Gasteiger partial charge is 0.279 e. The van der Waals surface area contributed by atoms with Gasteiger partial charge in [0.05, 0.1) is 10.3 Å². The van der Waals surface area contributed by atoms with Crippen molar-refractivity contribution in [1.29, 1.82) is 0 Å². The number of fused-ring (bicyclic) bond motifs is 3. The molecule has 0 unspecified atom stereocenters. The van der Waals surface area contributed by atoms with Crippen LogP contribution in [0.25, 0.3) is 0 Å². The average Bonchev–Trinajstić information content (AvgIpc) is 3.34. The van der Waals surface area contributed by atoms with Crippen molar-refractivity contribution >= 4 is 37.7 Å². The lowest BCUT2D eigenvalue weighted by atomic mass is 10.0. The highest BCUT2D eigenvalue weighted by Gasteiger charge is 2.53. The van der Waals surface area contributed by atoms with E-state index >= 15 is 0 Å². The van der Waals surface area contributed by atoms with Crippen LogP contribution in [-0.4, -0.2) is 48.5 Å². The van der Waals surface area contributed by atoms with Crippen molar-refractivity contribution in [2.75, 3.05) is 18.8 Å². The number of sulfonamides is 1. The first-order valence-electron chi connectivity index (χ1n) is 9.65. The number of hydrogen-bond acceptors (Lipinski definition) is 4. The topological polar surface area (TPSA) is 40.6 Å². The van der Waals surface area contributed by atoms with E-state index in [9.17, 15) is 8.42 Å². The van der Waals surface area contributed by atoms with Gasteiger partial charge < -0.3 is 0 Å². The monoisotopic (exact) mass is 478 g/mol. The van der Waals surface area contributed by atoms with Crippen LogP contribution < -0.4 is 0 Å². The molecule has 148 valence electrons. The molecule has 0 amide bonds. The second-order valence-corrected chi connectivity index (χ2v) is 12.0. The third-order valence-corrected chi connectivity index (χ3v) is 10.1. The molecule has 3 heterocycles. The van der Waals surface area contributed by atoms with E-state index < -0.39 is 10.0 Å². The molecule has 4 nitrogen and oxygen atoms in total. The molecule has 2 aromatic rings. The van der Waals surface area contributed by atoms with Gasteiger partial charge in [0.2, 0.25) is 10.0 Å². The van der Waals surface area contributed by atoms with Gasteiger partial charge in [0.1, 0.15) is 0 Å². The van der Waals surface area contributed by atoms with E-state index in [1.54, 1.807) is 16.4 Å². The third kappa shape index (κ3) is 3.16. The zero-order valence-corrected chi connectivity index (χ0v) is 18.9. The lowest BCUT2D eigenvalue weighted by Crippen LogP contribution is -2.39. The first-order chi connectivity index (χ1) is 13.4. The van der Waals surface area contributed by atoms with Crippen molar-refractivity contribution in [3.05, 3.63) is 64.1 Å². The molecule has 0 N–H and O–H groups in total. The summed E-state index contributed by atoms with van der Waals surface area (Å²) in [7, 11) is -3.42. The van der Waals surface area contributed by atoms with Crippen LogP contribution in [0.2, 0.25) is 0 Å². The fourth-order valence-corrected chi connectivity index (χ4v) is 8.23. The highest BCUT2D eigenvalue weighted by Crippen LogP contribution is 2.51. The van der Waals surface area contributed by atoms with Gasteiger partial charge in [0.25, 0.3) is 0 Å². The van der Waals surface area contributed by atoms with E-state index in [1.807, 2.05) is 30.8 Å². The predicted octanol–water partition coefficient (Wildman–Crippen LogP) is 4.27. The average molecular weight is 479 g/mol. The highest BCUT2D eigenvalue weighted by atomic mass is 79.9. The first kappa shape index (κ1) is 19.1. The lowest BCUT2D eigenvalue weighted by molar-refractivity contribution is 0.198. The molecule has 3 aliphatic rings. The molecule has 7 heteroatoms. The zero-order chi connectivity index (χ0) is 19.5. The number of halogens is 1. The molecule has 3 aliphatic heterocycles. The normalized spacial score (nSPS) is 30.5. The Morgan fingerprint density at radius 2 is 1.75 bits per heavy atom. The van der Waals surface area contributed by atoms with Gasteiger partial charge in [-0.2, -0.15) is 4.31 Å². The van der Waals surface area contributed by atoms with Gasteiger partial charge >= 0.3 is 0 Å². The third-order valence-electron chi connectivity index (χ3n) is 6.28. The Hall–Kier alpha value is -0.860. The minimum atomic E-state index is -3.42. The summed E-state index contributed by atoms with van der Waals surface area (Å²) in [6.07, 6.45) is 1.10. The van der Waals surface area contributed by atoms with Gasteiger partial charge in [-0.3, -0.25) is 4.90 Å². The van der Waals surface area contributed by atoms with Crippen LogP contribution in [0.4, 0.5) is 0 Å². The van der Waals surface area contributed by atoms with Gasteiger partial charge in [-0.15, -0.1) is 11.8 Å². The summed E-state index contributed by atoms with van der Waals surface area (Å²) in [6.45, 7) is 3.22. The summed E-state index contributed by atoms with van der Waals surface area (Å²) >= 11 is 5.51. The number of benzene rings is 2. The van der Waals surface area contributed by atoms with Gasteiger partial charge in [-0.05, 0) is 49.1 Å². The quantitative estimate of drug-likeness (QED) is 0.660. The van der Waals surface area contributed by atoms with E-state index in [4.69, 9.17) is 0 Å². The lowest BCUT2D eigenvalue weighted by Gasteiger charge is -2.30. The molecule has 0 radical (unpaired) electrons. The summed E-state index contributed by atoms with van der Waals surface area (Å²) in [6, 6.07) is 16.7. The van der Waals surface area contributed by atoms with Crippen LogP contribution in [0.5, 0.6) is 0 Å². The molecule has 28 heavy (non-hydrogen) atoms. The maximum absolute atomic E-state index is 13.2. The van der Waals surface area contributed by atoms with Crippen molar-refractivity contribution in [2.45, 2.75) is 35.7 Å². The Labute approximate surface area is 179 Å². The Balaban J connectivity index is 1.39. The predicted molar refractivity (Wildman–Crippen MR) is 117 cm³/mol. The number of thioether (sulfide) groups is 1. The minimum Gasteiger partial charge on any atom is -0.279 e. The van der Waals surface area contributed by atoms with E-state index in [0.717, 1.165) is 22.2 Å². The molecule has 4 atom stereocenters. The van der Waals surface area contributed by atoms with E-state index in [0.29, 0.717) is 41.4 Å². The molecular weight excluding hydrogens is 456 g/mol. The maximum Gasteiger partial charge on any atom is 0.243 e. The second-order valence-electron chi connectivity index (χ2n) is 8.04. The first-order valence-corrected chi connectivity index (χ1v) is 12.9. The van der Waals surface area contributed by atoms with Crippen molar-refractivity contribution < 1.29 is 8.42 Å². The van der Waals surface area contributed by atoms with Gasteiger partial charge in [0.15, 0.2) is 0 Å². The van der Waals surface area contributed by atoms with Crippen molar-refractivity contribution in [3.63, 3.8) is 0 Å². The summed E-state index contributed by atoms with van der Waals surface area (Å²) in [4.78, 5) is 3.01. The fraction of sp³-hybridized carbons (Fsp3) is 0.429. The molecule has 5 rings (SSSR count). The molecule has 2 aromatic carbocycles. The number of aryl methyl sites for hydroxylation is 1. The van der Waals surface area contributed by atoms with Crippen LogP contribution in [0, 0.1) is 12.8 Å². The fourth-order valence-electron chi connectivity index (χ4n) is 4.89. The van der Waals surface area contributed by atoms with Gasteiger partial charge in [0, 0.05) is 35.4 Å².